The number of carboxylic acids is 1. The SMILES string of the molecule is Cc1c(C[C@H](N)C(=O)O)ccc(O)c1O. The molecule has 5 nitrogen and oxygen atoms in total. The smallest absolute Gasteiger partial charge is 0.320 e. The molecule has 0 spiro atoms. The van der Waals surface area contributed by atoms with E-state index >= 15 is 0 Å². The molecule has 0 saturated carbocycles. The van der Waals surface area contributed by atoms with Gasteiger partial charge in [0, 0.05) is 0 Å². The van der Waals surface area contributed by atoms with Crippen LogP contribution in [-0.2, 0) is 11.2 Å². The summed E-state index contributed by atoms with van der Waals surface area (Å²) < 4.78 is 0. The Morgan fingerprint density at radius 1 is 1.47 bits per heavy atom. The van der Waals surface area contributed by atoms with Crippen LogP contribution in [0.1, 0.15) is 11.1 Å². The Morgan fingerprint density at radius 2 is 2.07 bits per heavy atom. The summed E-state index contributed by atoms with van der Waals surface area (Å²) in [5.74, 6) is -1.55. The maximum absolute atomic E-state index is 10.5. The summed E-state index contributed by atoms with van der Waals surface area (Å²) in [5.41, 5.74) is 6.42. The number of carbonyl (C=O) groups is 1. The first-order chi connectivity index (χ1) is 6.93. The third-order valence-corrected chi connectivity index (χ3v) is 2.28. The number of aliphatic carboxylic acids is 1. The van der Waals surface area contributed by atoms with E-state index in [-0.39, 0.29) is 17.9 Å². The topological polar surface area (TPSA) is 104 Å². The standard InChI is InChI=1S/C10H13NO4/c1-5-6(4-7(11)10(14)15)2-3-8(12)9(5)13/h2-3,7,12-13H,4,11H2,1H3,(H,14,15)/t7-/m0/s1. The number of aromatic hydroxyl groups is 2. The van der Waals surface area contributed by atoms with E-state index in [4.69, 9.17) is 10.8 Å². The molecule has 0 radical (unpaired) electrons. The Labute approximate surface area is 86.8 Å². The van der Waals surface area contributed by atoms with Gasteiger partial charge >= 0.3 is 5.97 Å². The van der Waals surface area contributed by atoms with Gasteiger partial charge in [0.15, 0.2) is 11.5 Å². The Hall–Kier alpha value is -1.75. The molecule has 0 unspecified atom stereocenters. The maximum atomic E-state index is 10.5. The van der Waals surface area contributed by atoms with Crippen molar-refractivity contribution in [3.05, 3.63) is 23.3 Å². The average Bonchev–Trinajstić information content (AvgIpc) is 2.18. The molecular formula is C10H13NO4. The van der Waals surface area contributed by atoms with Crippen molar-refractivity contribution in [1.29, 1.82) is 0 Å². The zero-order valence-electron chi connectivity index (χ0n) is 8.27. The molecule has 82 valence electrons. The Kier molecular flexibility index (Phi) is 3.16. The highest BCUT2D eigenvalue weighted by atomic mass is 16.4. The molecule has 0 saturated heterocycles. The Bertz CT molecular complexity index is 389. The van der Waals surface area contributed by atoms with Crippen molar-refractivity contribution in [3.63, 3.8) is 0 Å². The Balaban J connectivity index is 2.97. The monoisotopic (exact) mass is 211 g/mol. The molecule has 5 heteroatoms. The minimum atomic E-state index is -1.10. The van der Waals surface area contributed by atoms with Crippen LogP contribution < -0.4 is 5.73 Å². The van der Waals surface area contributed by atoms with E-state index in [0.717, 1.165) is 0 Å². The van der Waals surface area contributed by atoms with E-state index in [9.17, 15) is 15.0 Å². The van der Waals surface area contributed by atoms with Gasteiger partial charge in [0.1, 0.15) is 6.04 Å². The fourth-order valence-electron chi connectivity index (χ4n) is 1.27. The molecule has 1 aromatic carbocycles. The van der Waals surface area contributed by atoms with E-state index in [1.54, 1.807) is 13.0 Å². The largest absolute Gasteiger partial charge is 0.504 e. The highest BCUT2D eigenvalue weighted by Gasteiger charge is 2.15. The molecular weight excluding hydrogens is 198 g/mol. The molecule has 0 fully saturated rings. The minimum Gasteiger partial charge on any atom is -0.504 e. The van der Waals surface area contributed by atoms with Crippen LogP contribution in [0, 0.1) is 6.92 Å². The van der Waals surface area contributed by atoms with Gasteiger partial charge in [-0.15, -0.1) is 0 Å². The zero-order chi connectivity index (χ0) is 11.6. The van der Waals surface area contributed by atoms with Crippen LogP contribution in [0.3, 0.4) is 0 Å². The van der Waals surface area contributed by atoms with Gasteiger partial charge in [-0.2, -0.15) is 0 Å². The molecule has 1 atom stereocenters. The molecule has 0 aliphatic carbocycles. The molecule has 0 bridgehead atoms. The third-order valence-electron chi connectivity index (χ3n) is 2.28. The van der Waals surface area contributed by atoms with Gasteiger partial charge in [-0.05, 0) is 30.5 Å². The van der Waals surface area contributed by atoms with Crippen molar-refractivity contribution in [2.24, 2.45) is 5.73 Å². The fourth-order valence-corrected chi connectivity index (χ4v) is 1.27. The van der Waals surface area contributed by atoms with E-state index in [1.165, 1.54) is 6.07 Å². The zero-order valence-corrected chi connectivity index (χ0v) is 8.27. The summed E-state index contributed by atoms with van der Waals surface area (Å²) in [4.78, 5) is 10.5. The first-order valence-corrected chi connectivity index (χ1v) is 4.42. The second-order valence-corrected chi connectivity index (χ2v) is 3.37. The first-order valence-electron chi connectivity index (χ1n) is 4.42. The lowest BCUT2D eigenvalue weighted by molar-refractivity contribution is -0.138. The fraction of sp³-hybridized carbons (Fsp3) is 0.300. The average molecular weight is 211 g/mol. The van der Waals surface area contributed by atoms with Crippen molar-refractivity contribution in [1.82, 2.24) is 0 Å². The highest BCUT2D eigenvalue weighted by molar-refractivity contribution is 5.73. The predicted octanol–water partition coefficient (Wildman–Crippen LogP) is 0.361. The summed E-state index contributed by atoms with van der Waals surface area (Å²) in [6.07, 6.45) is 0.120. The lowest BCUT2D eigenvalue weighted by Gasteiger charge is -2.11. The molecule has 0 aliphatic heterocycles. The number of phenols is 2. The van der Waals surface area contributed by atoms with Crippen LogP contribution in [0.25, 0.3) is 0 Å². The molecule has 5 N–H and O–H groups in total. The molecule has 15 heavy (non-hydrogen) atoms. The molecule has 0 aromatic heterocycles. The number of rotatable bonds is 3. The minimum absolute atomic E-state index is 0.120. The predicted molar refractivity (Wildman–Crippen MR) is 53.8 cm³/mol. The number of nitrogens with two attached hydrogens (primary N) is 1. The van der Waals surface area contributed by atoms with Gasteiger partial charge in [-0.25, -0.2) is 0 Å². The lowest BCUT2D eigenvalue weighted by atomic mass is 10.0. The van der Waals surface area contributed by atoms with Crippen molar-refractivity contribution < 1.29 is 20.1 Å². The van der Waals surface area contributed by atoms with Gasteiger partial charge < -0.3 is 21.1 Å². The molecule has 0 heterocycles. The van der Waals surface area contributed by atoms with Crippen molar-refractivity contribution in [3.8, 4) is 11.5 Å². The van der Waals surface area contributed by atoms with Gasteiger partial charge in [-0.3, -0.25) is 4.79 Å². The number of hydrogen-bond donors (Lipinski definition) is 4. The summed E-state index contributed by atoms with van der Waals surface area (Å²) >= 11 is 0. The van der Waals surface area contributed by atoms with E-state index in [1.807, 2.05) is 0 Å². The van der Waals surface area contributed by atoms with Crippen LogP contribution in [0.2, 0.25) is 0 Å². The van der Waals surface area contributed by atoms with Crippen molar-refractivity contribution in [2.45, 2.75) is 19.4 Å². The van der Waals surface area contributed by atoms with Crippen LogP contribution in [0.5, 0.6) is 11.5 Å². The molecule has 0 amide bonds. The van der Waals surface area contributed by atoms with E-state index in [0.29, 0.717) is 11.1 Å². The van der Waals surface area contributed by atoms with E-state index in [2.05, 4.69) is 0 Å². The molecule has 0 aliphatic rings. The Morgan fingerprint density at radius 3 is 2.60 bits per heavy atom. The summed E-state index contributed by atoms with van der Waals surface area (Å²) in [7, 11) is 0. The number of phenolic OH excluding ortho intramolecular Hbond substituents is 2. The van der Waals surface area contributed by atoms with Crippen LogP contribution in [-0.4, -0.2) is 27.3 Å². The van der Waals surface area contributed by atoms with Crippen LogP contribution >= 0.6 is 0 Å². The number of hydrogen-bond acceptors (Lipinski definition) is 4. The van der Waals surface area contributed by atoms with Crippen LogP contribution in [0.15, 0.2) is 12.1 Å². The van der Waals surface area contributed by atoms with Crippen molar-refractivity contribution in [2.75, 3.05) is 0 Å². The third kappa shape index (κ3) is 2.38. The second kappa shape index (κ2) is 4.18. The molecule has 1 rings (SSSR count). The summed E-state index contributed by atoms with van der Waals surface area (Å²) in [5, 5.41) is 27.2. The number of carboxylic acid groups (broad SMARTS) is 1. The summed E-state index contributed by atoms with van der Waals surface area (Å²) in [6.45, 7) is 1.60. The molecule has 1 aromatic rings. The van der Waals surface area contributed by atoms with Gasteiger partial charge in [-0.1, -0.05) is 6.07 Å². The number of benzene rings is 1. The van der Waals surface area contributed by atoms with Crippen LogP contribution in [0.4, 0.5) is 0 Å². The lowest BCUT2D eigenvalue weighted by Crippen LogP contribution is -2.32. The van der Waals surface area contributed by atoms with Gasteiger partial charge in [0.05, 0.1) is 0 Å². The quantitative estimate of drug-likeness (QED) is 0.540. The first kappa shape index (κ1) is 11.3. The van der Waals surface area contributed by atoms with Crippen molar-refractivity contribution >= 4 is 5.97 Å². The normalized spacial score (nSPS) is 12.4. The highest BCUT2D eigenvalue weighted by Crippen LogP contribution is 2.30. The maximum Gasteiger partial charge on any atom is 0.320 e. The second-order valence-electron chi connectivity index (χ2n) is 3.37. The van der Waals surface area contributed by atoms with Gasteiger partial charge in [0.25, 0.3) is 0 Å². The van der Waals surface area contributed by atoms with Gasteiger partial charge in [0.2, 0.25) is 0 Å². The summed E-state index contributed by atoms with van der Waals surface area (Å²) in [6, 6.07) is 1.85. The van der Waals surface area contributed by atoms with E-state index < -0.39 is 12.0 Å².